The third kappa shape index (κ3) is 2.76. The number of rotatable bonds is 4. The largest absolute Gasteiger partial charge is 0.477 e. The van der Waals surface area contributed by atoms with Gasteiger partial charge in [0.1, 0.15) is 5.69 Å². The van der Waals surface area contributed by atoms with Crippen molar-refractivity contribution in [3.05, 3.63) is 44.9 Å². The van der Waals surface area contributed by atoms with Crippen LogP contribution in [0.1, 0.15) is 43.1 Å². The summed E-state index contributed by atoms with van der Waals surface area (Å²) in [4.78, 5) is 24.8. The molecule has 0 radical (unpaired) electrons. The van der Waals surface area contributed by atoms with Crippen molar-refractivity contribution in [3.8, 4) is 0 Å². The minimum Gasteiger partial charge on any atom is -0.477 e. The molecule has 0 amide bonds. The molecule has 0 fully saturated rings. The lowest BCUT2D eigenvalue weighted by atomic mass is 10.2. The number of Topliss-reactive ketones (excluding diaryl/α,β-unsaturated/α-hetero) is 1. The normalized spacial score (nSPS) is 10.7. The Morgan fingerprint density at radius 2 is 2.00 bits per heavy atom. The predicted molar refractivity (Wildman–Crippen MR) is 74.3 cm³/mol. The Morgan fingerprint density at radius 1 is 1.32 bits per heavy atom. The summed E-state index contributed by atoms with van der Waals surface area (Å²) in [5, 5.41) is 9.17. The van der Waals surface area contributed by atoms with Crippen LogP contribution < -0.4 is 0 Å². The molecule has 1 N–H and O–H groups in total. The van der Waals surface area contributed by atoms with Crippen LogP contribution in [0.4, 0.5) is 0 Å². The van der Waals surface area contributed by atoms with Crippen LogP contribution >= 0.6 is 11.3 Å². The maximum Gasteiger partial charge on any atom is 0.352 e. The van der Waals surface area contributed by atoms with Crippen molar-refractivity contribution in [2.45, 2.75) is 27.3 Å². The molecule has 0 bridgehead atoms. The zero-order valence-electron chi connectivity index (χ0n) is 11.1. The molecule has 0 aliphatic heterocycles. The van der Waals surface area contributed by atoms with E-state index in [4.69, 9.17) is 5.11 Å². The fraction of sp³-hybridized carbons (Fsp3) is 0.286. The third-order valence-corrected chi connectivity index (χ3v) is 4.20. The molecular weight excluding hydrogens is 262 g/mol. The Kier molecular flexibility index (Phi) is 3.57. The molecule has 0 aliphatic rings. The Morgan fingerprint density at radius 3 is 2.47 bits per heavy atom. The molecule has 0 unspecified atom stereocenters. The number of thiophene rings is 1. The van der Waals surface area contributed by atoms with Crippen LogP contribution in [0.25, 0.3) is 0 Å². The summed E-state index contributed by atoms with van der Waals surface area (Å²) >= 11 is 1.65. The quantitative estimate of drug-likeness (QED) is 0.873. The van der Waals surface area contributed by atoms with E-state index in [0.29, 0.717) is 12.1 Å². The second-order valence-electron chi connectivity index (χ2n) is 4.56. The van der Waals surface area contributed by atoms with Crippen LogP contribution in [0.5, 0.6) is 0 Å². The highest BCUT2D eigenvalue weighted by molar-refractivity contribution is 7.12. The summed E-state index contributed by atoms with van der Waals surface area (Å²) < 4.78 is 1.61. The van der Waals surface area contributed by atoms with Gasteiger partial charge in [-0.1, -0.05) is 0 Å². The lowest BCUT2D eigenvalue weighted by Crippen LogP contribution is -2.07. The second kappa shape index (κ2) is 5.01. The predicted octanol–water partition coefficient (Wildman–Crippen LogP) is 3.12. The van der Waals surface area contributed by atoms with Crippen molar-refractivity contribution in [3.63, 3.8) is 0 Å². The fourth-order valence-electron chi connectivity index (χ4n) is 1.91. The van der Waals surface area contributed by atoms with E-state index in [1.165, 1.54) is 23.4 Å². The van der Waals surface area contributed by atoms with Crippen molar-refractivity contribution in [2.24, 2.45) is 0 Å². The van der Waals surface area contributed by atoms with Crippen molar-refractivity contribution in [1.82, 2.24) is 4.57 Å². The Labute approximate surface area is 115 Å². The van der Waals surface area contributed by atoms with Crippen LogP contribution in [-0.4, -0.2) is 21.4 Å². The first-order valence-electron chi connectivity index (χ1n) is 5.89. The lowest BCUT2D eigenvalue weighted by molar-refractivity contribution is 0.0685. The number of carbonyl (C=O) groups is 2. The number of hydrogen-bond acceptors (Lipinski definition) is 3. The van der Waals surface area contributed by atoms with Crippen LogP contribution in [0.15, 0.2) is 18.3 Å². The summed E-state index contributed by atoms with van der Waals surface area (Å²) in [6.45, 7) is 5.99. The topological polar surface area (TPSA) is 59.3 Å². The van der Waals surface area contributed by atoms with Crippen LogP contribution in [0, 0.1) is 13.8 Å². The molecule has 2 rings (SSSR count). The van der Waals surface area contributed by atoms with Crippen LogP contribution in [-0.2, 0) is 6.54 Å². The van der Waals surface area contributed by atoms with Gasteiger partial charge in [0, 0.05) is 21.5 Å². The summed E-state index contributed by atoms with van der Waals surface area (Å²) in [7, 11) is 0. The molecule has 0 saturated carbocycles. The molecular formula is C14H15NO3S. The lowest BCUT2D eigenvalue weighted by Gasteiger charge is -2.03. The van der Waals surface area contributed by atoms with E-state index < -0.39 is 5.97 Å². The van der Waals surface area contributed by atoms with Crippen LogP contribution in [0.3, 0.4) is 0 Å². The summed E-state index contributed by atoms with van der Waals surface area (Å²) in [5.41, 5.74) is 1.78. The molecule has 0 atom stereocenters. The number of nitrogens with zero attached hydrogens (tertiary/aromatic N) is 1. The van der Waals surface area contributed by atoms with Crippen LogP contribution in [0.2, 0.25) is 0 Å². The van der Waals surface area contributed by atoms with Gasteiger partial charge in [0.05, 0.1) is 6.54 Å². The monoisotopic (exact) mass is 277 g/mol. The standard InChI is InChI=1S/C14H15NO3S/c1-8-4-12(19-10(8)3)7-15-6-11(9(2)16)5-13(15)14(17)18/h4-6H,7H2,1-3H3,(H,17,18). The van der Waals surface area contributed by atoms with Crippen molar-refractivity contribution < 1.29 is 14.7 Å². The number of carbonyl (C=O) groups excluding carboxylic acids is 1. The molecule has 4 nitrogen and oxygen atoms in total. The number of aromatic carboxylic acids is 1. The summed E-state index contributed by atoms with van der Waals surface area (Å²) in [5.74, 6) is -1.14. The number of ketones is 1. The summed E-state index contributed by atoms with van der Waals surface area (Å²) in [6, 6.07) is 3.48. The highest BCUT2D eigenvalue weighted by atomic mass is 32.1. The molecule has 0 aromatic carbocycles. The molecule has 2 heterocycles. The number of hydrogen-bond donors (Lipinski definition) is 1. The van der Waals surface area contributed by atoms with Gasteiger partial charge in [-0.2, -0.15) is 0 Å². The maximum absolute atomic E-state index is 11.3. The number of aryl methyl sites for hydroxylation is 2. The van der Waals surface area contributed by atoms with E-state index in [-0.39, 0.29) is 11.5 Å². The molecule has 19 heavy (non-hydrogen) atoms. The molecule has 0 aliphatic carbocycles. The summed E-state index contributed by atoms with van der Waals surface area (Å²) in [6.07, 6.45) is 1.61. The van der Waals surface area contributed by atoms with Gasteiger partial charge >= 0.3 is 5.97 Å². The van der Waals surface area contributed by atoms with Gasteiger partial charge in [0.25, 0.3) is 0 Å². The molecule has 0 saturated heterocycles. The van der Waals surface area contributed by atoms with Crippen molar-refractivity contribution in [1.29, 1.82) is 0 Å². The van der Waals surface area contributed by atoms with E-state index >= 15 is 0 Å². The second-order valence-corrected chi connectivity index (χ2v) is 5.90. The van der Waals surface area contributed by atoms with E-state index in [2.05, 4.69) is 6.07 Å². The first-order chi connectivity index (χ1) is 8.88. The maximum atomic E-state index is 11.3. The Balaban J connectivity index is 2.38. The highest BCUT2D eigenvalue weighted by Gasteiger charge is 2.15. The van der Waals surface area contributed by atoms with Gasteiger partial charge in [0.2, 0.25) is 0 Å². The van der Waals surface area contributed by atoms with E-state index in [0.717, 1.165) is 4.88 Å². The zero-order valence-corrected chi connectivity index (χ0v) is 11.9. The van der Waals surface area contributed by atoms with Gasteiger partial charge in [-0.15, -0.1) is 11.3 Å². The highest BCUT2D eigenvalue weighted by Crippen LogP contribution is 2.22. The zero-order chi connectivity index (χ0) is 14.2. The number of carboxylic acids is 1. The van der Waals surface area contributed by atoms with Gasteiger partial charge in [-0.05, 0) is 38.5 Å². The Bertz CT molecular complexity index is 632. The van der Waals surface area contributed by atoms with Gasteiger partial charge < -0.3 is 9.67 Å². The molecule has 2 aromatic heterocycles. The molecule has 2 aromatic rings. The van der Waals surface area contributed by atoms with E-state index in [1.807, 2.05) is 13.8 Å². The van der Waals surface area contributed by atoms with Crippen molar-refractivity contribution >= 4 is 23.1 Å². The SMILES string of the molecule is CC(=O)c1cc(C(=O)O)n(Cc2cc(C)c(C)s2)c1. The van der Waals surface area contributed by atoms with Gasteiger partial charge in [0.15, 0.2) is 5.78 Å². The first-order valence-corrected chi connectivity index (χ1v) is 6.70. The molecule has 5 heteroatoms. The number of aromatic nitrogens is 1. The molecule has 100 valence electrons. The third-order valence-electron chi connectivity index (χ3n) is 3.07. The fourth-order valence-corrected chi connectivity index (χ4v) is 2.96. The minimum absolute atomic E-state index is 0.125. The average molecular weight is 277 g/mol. The Hall–Kier alpha value is -1.88. The smallest absolute Gasteiger partial charge is 0.352 e. The number of carboxylic acid groups (broad SMARTS) is 1. The first kappa shape index (κ1) is 13.5. The van der Waals surface area contributed by atoms with Crippen molar-refractivity contribution in [2.75, 3.05) is 0 Å². The van der Waals surface area contributed by atoms with Gasteiger partial charge in [-0.3, -0.25) is 4.79 Å². The minimum atomic E-state index is -1.02. The van der Waals surface area contributed by atoms with E-state index in [9.17, 15) is 9.59 Å². The van der Waals surface area contributed by atoms with E-state index in [1.54, 1.807) is 22.1 Å². The molecule has 0 spiro atoms. The average Bonchev–Trinajstić information content (AvgIpc) is 2.84. The van der Waals surface area contributed by atoms with Gasteiger partial charge in [-0.25, -0.2) is 4.79 Å².